The number of carbonyl (C=O) groups is 1. The summed E-state index contributed by atoms with van der Waals surface area (Å²) in [5, 5.41) is 11.7. The van der Waals surface area contributed by atoms with E-state index in [0.717, 1.165) is 24.3 Å². The van der Waals surface area contributed by atoms with Crippen LogP contribution in [-0.2, 0) is 10.3 Å². The molecule has 2 aromatic rings. The van der Waals surface area contributed by atoms with E-state index in [2.05, 4.69) is 4.90 Å². The zero-order valence-electron chi connectivity index (χ0n) is 15.1. The Morgan fingerprint density at radius 2 is 1.74 bits per heavy atom. The molecule has 0 saturated carbocycles. The summed E-state index contributed by atoms with van der Waals surface area (Å²) in [5.74, 6) is 0. The summed E-state index contributed by atoms with van der Waals surface area (Å²) >= 11 is 5.95. The van der Waals surface area contributed by atoms with Gasteiger partial charge in [0, 0.05) is 30.3 Å². The third-order valence-corrected chi connectivity index (χ3v) is 5.72. The first kappa shape index (κ1) is 18.3. The van der Waals surface area contributed by atoms with Crippen molar-refractivity contribution in [2.24, 2.45) is 0 Å². The molecule has 0 aliphatic carbocycles. The first-order chi connectivity index (χ1) is 13.0. The molecular weight excluding hydrogens is 364 g/mol. The molecule has 2 saturated heterocycles. The van der Waals surface area contributed by atoms with Crippen molar-refractivity contribution in [2.45, 2.75) is 24.5 Å². The molecule has 0 bridgehead atoms. The highest BCUT2D eigenvalue weighted by Gasteiger charge is 2.37. The van der Waals surface area contributed by atoms with Gasteiger partial charge in [-0.25, -0.2) is 4.79 Å². The van der Waals surface area contributed by atoms with Crippen LogP contribution in [0.3, 0.4) is 0 Å². The number of carbonyl (C=O) groups excluding carboxylic acids is 1. The van der Waals surface area contributed by atoms with Crippen molar-refractivity contribution in [3.63, 3.8) is 0 Å². The molecule has 1 N–H and O–H groups in total. The molecule has 2 aliphatic heterocycles. The van der Waals surface area contributed by atoms with Gasteiger partial charge in [-0.3, -0.25) is 9.80 Å². The summed E-state index contributed by atoms with van der Waals surface area (Å²) in [4.78, 5) is 16.1. The fourth-order valence-electron chi connectivity index (χ4n) is 3.88. The first-order valence-electron chi connectivity index (χ1n) is 9.27. The lowest BCUT2D eigenvalue weighted by Crippen LogP contribution is -2.45. The van der Waals surface area contributed by atoms with Crippen LogP contribution in [0.4, 0.5) is 10.5 Å². The Hall–Kier alpha value is -2.08. The predicted octanol–water partition coefficient (Wildman–Crippen LogP) is 3.65. The maximum atomic E-state index is 12.2. The molecule has 0 spiro atoms. The lowest BCUT2D eigenvalue weighted by molar-refractivity contribution is -0.0324. The average Bonchev–Trinajstić information content (AvgIpc) is 3.05. The van der Waals surface area contributed by atoms with E-state index in [4.69, 9.17) is 16.3 Å². The molecule has 2 aliphatic rings. The normalized spacial score (nSPS) is 22.7. The van der Waals surface area contributed by atoms with E-state index in [1.54, 1.807) is 4.90 Å². The van der Waals surface area contributed by atoms with Gasteiger partial charge in [0.1, 0.15) is 6.10 Å². The van der Waals surface area contributed by atoms with Gasteiger partial charge in [-0.1, -0.05) is 41.9 Å². The number of halogens is 1. The van der Waals surface area contributed by atoms with Crippen LogP contribution < -0.4 is 4.90 Å². The average molecular weight is 387 g/mol. The minimum Gasteiger partial charge on any atom is -0.443 e. The van der Waals surface area contributed by atoms with Gasteiger partial charge < -0.3 is 9.84 Å². The van der Waals surface area contributed by atoms with E-state index in [1.807, 2.05) is 54.6 Å². The van der Waals surface area contributed by atoms with Crippen LogP contribution in [0.1, 0.15) is 18.4 Å². The number of benzene rings is 2. The van der Waals surface area contributed by atoms with Crippen LogP contribution in [-0.4, -0.2) is 48.4 Å². The molecule has 1 atom stereocenters. The number of cyclic esters (lactones) is 1. The van der Waals surface area contributed by atoms with Crippen LogP contribution in [0.15, 0.2) is 54.6 Å². The Labute approximate surface area is 164 Å². The van der Waals surface area contributed by atoms with E-state index < -0.39 is 5.60 Å². The number of ether oxygens (including phenoxy) is 1. The molecule has 4 rings (SSSR count). The van der Waals surface area contributed by atoms with Crippen molar-refractivity contribution in [1.29, 1.82) is 0 Å². The maximum absolute atomic E-state index is 12.2. The summed E-state index contributed by atoms with van der Waals surface area (Å²) in [6.45, 7) is 2.77. The largest absolute Gasteiger partial charge is 0.443 e. The summed E-state index contributed by atoms with van der Waals surface area (Å²) in [5.41, 5.74) is 0.957. The molecule has 0 aromatic heterocycles. The van der Waals surface area contributed by atoms with Crippen molar-refractivity contribution >= 4 is 23.4 Å². The van der Waals surface area contributed by atoms with Crippen molar-refractivity contribution in [3.05, 3.63) is 65.2 Å². The van der Waals surface area contributed by atoms with E-state index in [1.165, 1.54) is 0 Å². The Morgan fingerprint density at radius 3 is 2.41 bits per heavy atom. The van der Waals surface area contributed by atoms with Gasteiger partial charge >= 0.3 is 6.09 Å². The molecule has 1 unspecified atom stereocenters. The molecular formula is C21H23ClN2O3. The van der Waals surface area contributed by atoms with Gasteiger partial charge in [0.05, 0.1) is 12.1 Å². The first-order valence-corrected chi connectivity index (χ1v) is 9.65. The SMILES string of the molecule is O=C1OC(CN2CCC(O)(c3ccc(Cl)cc3)CC2)CN1c1ccccc1. The molecule has 2 heterocycles. The molecule has 2 fully saturated rings. The second-order valence-corrected chi connectivity index (χ2v) is 7.73. The van der Waals surface area contributed by atoms with E-state index >= 15 is 0 Å². The molecule has 6 heteroatoms. The quantitative estimate of drug-likeness (QED) is 0.871. The summed E-state index contributed by atoms with van der Waals surface area (Å²) in [6, 6.07) is 17.0. The number of para-hydroxylation sites is 1. The Kier molecular flexibility index (Phi) is 5.08. The van der Waals surface area contributed by atoms with Crippen molar-refractivity contribution in [2.75, 3.05) is 31.1 Å². The van der Waals surface area contributed by atoms with Crippen LogP contribution in [0, 0.1) is 0 Å². The molecule has 27 heavy (non-hydrogen) atoms. The molecule has 0 radical (unpaired) electrons. The zero-order chi connectivity index (χ0) is 18.9. The van der Waals surface area contributed by atoms with Gasteiger partial charge in [-0.2, -0.15) is 0 Å². The minimum atomic E-state index is -0.816. The Morgan fingerprint density at radius 1 is 1.07 bits per heavy atom. The third-order valence-electron chi connectivity index (χ3n) is 5.47. The minimum absolute atomic E-state index is 0.153. The lowest BCUT2D eigenvalue weighted by Gasteiger charge is -2.39. The molecule has 142 valence electrons. The fourth-order valence-corrected chi connectivity index (χ4v) is 4.00. The van der Waals surface area contributed by atoms with E-state index in [-0.39, 0.29) is 12.2 Å². The number of hydrogen-bond acceptors (Lipinski definition) is 4. The van der Waals surface area contributed by atoms with Gasteiger partial charge in [-0.15, -0.1) is 0 Å². The van der Waals surface area contributed by atoms with Crippen LogP contribution >= 0.6 is 11.6 Å². The van der Waals surface area contributed by atoms with Crippen LogP contribution in [0.2, 0.25) is 5.02 Å². The second-order valence-electron chi connectivity index (χ2n) is 7.29. The molecule has 1 amide bonds. The number of amides is 1. The standard InChI is InChI=1S/C21H23ClN2O3/c22-17-8-6-16(7-9-17)21(26)10-12-23(13-11-21)14-19-15-24(20(25)27-19)18-4-2-1-3-5-18/h1-9,19,26H,10-15H2. The number of likely N-dealkylation sites (tertiary alicyclic amines) is 1. The number of hydrogen-bond donors (Lipinski definition) is 1. The summed E-state index contributed by atoms with van der Waals surface area (Å²) in [7, 11) is 0. The highest BCUT2D eigenvalue weighted by atomic mass is 35.5. The number of nitrogens with zero attached hydrogens (tertiary/aromatic N) is 2. The van der Waals surface area contributed by atoms with Gasteiger partial charge in [-0.05, 0) is 42.7 Å². The number of anilines is 1. The molecule has 2 aromatic carbocycles. The van der Waals surface area contributed by atoms with Crippen molar-refractivity contribution in [3.8, 4) is 0 Å². The van der Waals surface area contributed by atoms with Crippen molar-refractivity contribution in [1.82, 2.24) is 4.90 Å². The topological polar surface area (TPSA) is 53.0 Å². The van der Waals surface area contributed by atoms with Gasteiger partial charge in [0.2, 0.25) is 0 Å². The second kappa shape index (κ2) is 7.50. The maximum Gasteiger partial charge on any atom is 0.414 e. The van der Waals surface area contributed by atoms with E-state index in [9.17, 15) is 9.90 Å². The Balaban J connectivity index is 1.33. The van der Waals surface area contributed by atoms with Crippen LogP contribution in [0.25, 0.3) is 0 Å². The zero-order valence-corrected chi connectivity index (χ0v) is 15.8. The number of aliphatic hydroxyl groups is 1. The smallest absolute Gasteiger partial charge is 0.414 e. The monoisotopic (exact) mass is 386 g/mol. The lowest BCUT2D eigenvalue weighted by atomic mass is 9.84. The summed E-state index contributed by atoms with van der Waals surface area (Å²) < 4.78 is 5.55. The van der Waals surface area contributed by atoms with Gasteiger partial charge in [0.25, 0.3) is 0 Å². The highest BCUT2D eigenvalue weighted by Crippen LogP contribution is 2.33. The van der Waals surface area contributed by atoms with Crippen molar-refractivity contribution < 1.29 is 14.6 Å². The Bertz CT molecular complexity index is 789. The summed E-state index contributed by atoms with van der Waals surface area (Å²) in [6.07, 6.45) is 0.857. The highest BCUT2D eigenvalue weighted by molar-refractivity contribution is 6.30. The van der Waals surface area contributed by atoms with E-state index in [0.29, 0.717) is 31.0 Å². The third kappa shape index (κ3) is 3.95. The predicted molar refractivity (Wildman–Crippen MR) is 105 cm³/mol. The number of piperidine rings is 1. The van der Waals surface area contributed by atoms with Gasteiger partial charge in [0.15, 0.2) is 0 Å². The number of rotatable bonds is 4. The fraction of sp³-hybridized carbons (Fsp3) is 0.381. The van der Waals surface area contributed by atoms with Crippen LogP contribution in [0.5, 0.6) is 0 Å². The molecule has 5 nitrogen and oxygen atoms in total.